The Kier molecular flexibility index (Phi) is 27.3. The number of carboxylic acid groups (broad SMARTS) is 1. The van der Waals surface area contributed by atoms with Crippen molar-refractivity contribution in [1.29, 1.82) is 0 Å². The minimum atomic E-state index is -2.34. The zero-order valence-electron chi connectivity index (χ0n) is 68.1. The number of halogens is 4. The Morgan fingerprint density at radius 2 is 1.28 bits per heavy atom. The van der Waals surface area contributed by atoms with E-state index >= 15 is 24.0 Å². The molecule has 35 nitrogen and oxygen atoms in total. The van der Waals surface area contributed by atoms with Gasteiger partial charge in [0.05, 0.1) is 64.4 Å². The fourth-order valence-corrected chi connectivity index (χ4v) is 17.6. The lowest BCUT2D eigenvalue weighted by atomic mass is 9.84. The molecule has 39 heteroatoms. The fourth-order valence-electron chi connectivity index (χ4n) is 16.8. The Labute approximate surface area is 736 Å². The second-order valence-corrected chi connectivity index (χ2v) is 34.6. The number of ether oxygens (including phenoxy) is 7. The Morgan fingerprint density at radius 1 is 0.656 bits per heavy atom. The van der Waals surface area contributed by atoms with Gasteiger partial charge in [-0.1, -0.05) is 96.6 Å². The van der Waals surface area contributed by atoms with Crippen LogP contribution in [0.3, 0.4) is 0 Å². The van der Waals surface area contributed by atoms with E-state index in [9.17, 15) is 60.3 Å². The molecule has 666 valence electrons. The zero-order chi connectivity index (χ0) is 89.5. The summed E-state index contributed by atoms with van der Waals surface area (Å²) < 4.78 is 47.8. The molecule has 19 N–H and O–H groups in total. The number of primary amides is 1. The lowest BCUT2D eigenvalue weighted by molar-refractivity contribution is -0.944. The van der Waals surface area contributed by atoms with Gasteiger partial charge in [0.25, 0.3) is 0 Å². The molecule has 0 aromatic heterocycles. The van der Waals surface area contributed by atoms with Crippen LogP contribution in [0.25, 0.3) is 11.1 Å². The minimum Gasteiger partial charge on any atom is -0.508 e. The summed E-state index contributed by atoms with van der Waals surface area (Å²) in [6.45, 7) is 11.6. The van der Waals surface area contributed by atoms with Gasteiger partial charge in [-0.05, 0) is 145 Å². The third-order valence-corrected chi connectivity index (χ3v) is 25.1. The predicted octanol–water partition coefficient (Wildman–Crippen LogP) is 4.98. The van der Waals surface area contributed by atoms with Crippen molar-refractivity contribution in [2.24, 2.45) is 11.7 Å². The predicted molar refractivity (Wildman–Crippen MR) is 448 cm³/mol. The van der Waals surface area contributed by atoms with Gasteiger partial charge in [0.1, 0.15) is 108 Å². The number of aromatic hydroxyl groups is 3. The largest absolute Gasteiger partial charge is 0.508 e. The van der Waals surface area contributed by atoms with Gasteiger partial charge in [-0.3, -0.25) is 38.5 Å². The number of phenols is 3. The number of aliphatic hydroxyl groups is 5. The Bertz CT molecular complexity index is 5290. The Morgan fingerprint density at radius 3 is 1.90 bits per heavy atom. The van der Waals surface area contributed by atoms with Gasteiger partial charge in [0.2, 0.25) is 53.4 Å². The van der Waals surface area contributed by atoms with Crippen molar-refractivity contribution in [3.8, 4) is 62.9 Å². The van der Waals surface area contributed by atoms with Crippen LogP contribution in [0.4, 0.5) is 0 Å². The highest BCUT2D eigenvalue weighted by atomic mass is 35.5. The number of hydrogen-bond acceptors (Lipinski definition) is 26. The summed E-state index contributed by atoms with van der Waals surface area (Å²) in [7, 11) is 1.49. The number of nitrogens with two attached hydrogens (primary N) is 1. The molecule has 0 saturated carbocycles. The van der Waals surface area contributed by atoms with Crippen LogP contribution in [0, 0.1) is 5.92 Å². The van der Waals surface area contributed by atoms with Crippen LogP contribution < -0.4 is 67.2 Å². The summed E-state index contributed by atoms with van der Waals surface area (Å²) in [4.78, 5) is 121. The third-order valence-electron chi connectivity index (χ3n) is 23.8. The van der Waals surface area contributed by atoms with Crippen LogP contribution >= 0.6 is 46.4 Å². The number of hydrogen-bond donors (Lipinski definition) is 18. The number of quaternary nitrogens is 1. The topological polar surface area (TPSA) is 509 Å². The number of aliphatic hydroxyl groups excluding tert-OH is 5. The fraction of sp³-hybridized carbons (Fsp3) is 0.419. The number of nitrogens with zero attached hydrogens (tertiary/aromatic N) is 2. The molecule has 5 saturated heterocycles. The van der Waals surface area contributed by atoms with Crippen LogP contribution in [0.2, 0.25) is 20.1 Å². The molecule has 7 aromatic rings. The molecule has 0 aliphatic carbocycles. The molecule has 125 heavy (non-hydrogen) atoms. The van der Waals surface area contributed by atoms with Crippen LogP contribution in [0.1, 0.15) is 116 Å². The third kappa shape index (κ3) is 19.9. The summed E-state index contributed by atoms with van der Waals surface area (Å²) in [5.41, 5.74) is 3.46. The number of rotatable bonds is 20. The first-order chi connectivity index (χ1) is 59.4. The summed E-state index contributed by atoms with van der Waals surface area (Å²) in [6, 6.07) is 12.3. The van der Waals surface area contributed by atoms with Crippen molar-refractivity contribution >= 4 is 93.7 Å². The van der Waals surface area contributed by atoms with Gasteiger partial charge in [-0.25, -0.2) is 4.79 Å². The molecule has 0 spiro atoms. The van der Waals surface area contributed by atoms with Gasteiger partial charge in [0.15, 0.2) is 29.9 Å². The van der Waals surface area contributed by atoms with E-state index in [0.29, 0.717) is 59.5 Å². The van der Waals surface area contributed by atoms with Crippen molar-refractivity contribution in [3.63, 3.8) is 0 Å². The maximum absolute atomic E-state index is 16.4. The highest BCUT2D eigenvalue weighted by molar-refractivity contribution is 6.42. The molecule has 13 bridgehead atoms. The molecular formula is C86H96Cl4N11O24+. The van der Waals surface area contributed by atoms with E-state index in [2.05, 4.69) is 47.4 Å². The van der Waals surface area contributed by atoms with Gasteiger partial charge in [-0.2, -0.15) is 0 Å². The molecule has 9 unspecified atom stereocenters. The molecular weight excluding hydrogens is 1710 g/mol. The first-order valence-corrected chi connectivity index (χ1v) is 42.0. The molecule has 17 rings (SSSR count). The van der Waals surface area contributed by atoms with Crippen LogP contribution in [0.15, 0.2) is 121 Å². The number of fused-ring (bicyclic) bond motifs is 18. The summed E-state index contributed by atoms with van der Waals surface area (Å²) in [5, 5.41) is 129. The van der Waals surface area contributed by atoms with E-state index in [1.165, 1.54) is 37.4 Å². The summed E-state index contributed by atoms with van der Waals surface area (Å²) in [5.74, 6) is -15.0. The molecule has 0 radical (unpaired) electrons. The number of carbonyl (C=O) groups is 8. The van der Waals surface area contributed by atoms with Crippen molar-refractivity contribution in [2.45, 2.75) is 169 Å². The lowest BCUT2D eigenvalue weighted by Crippen LogP contribution is -2.72. The number of piperazine rings is 3. The van der Waals surface area contributed by atoms with Crippen LogP contribution in [-0.2, 0) is 65.7 Å². The van der Waals surface area contributed by atoms with Gasteiger partial charge in [0, 0.05) is 60.9 Å². The van der Waals surface area contributed by atoms with E-state index in [1.807, 2.05) is 26.0 Å². The van der Waals surface area contributed by atoms with Gasteiger partial charge < -0.3 is 132 Å². The average molecular weight is 1810 g/mol. The Balaban J connectivity index is 0.932. The van der Waals surface area contributed by atoms with Crippen molar-refractivity contribution < 1.29 is 122 Å². The van der Waals surface area contributed by atoms with Crippen molar-refractivity contribution in [3.05, 3.63) is 180 Å². The van der Waals surface area contributed by atoms with Gasteiger partial charge >= 0.3 is 5.97 Å². The average Bonchev–Trinajstić information content (AvgIpc) is 0.761. The van der Waals surface area contributed by atoms with Gasteiger partial charge in [-0.15, -0.1) is 0 Å². The first kappa shape index (κ1) is 90.8. The number of nitrogens with one attached hydrogen (secondary N) is 8. The van der Waals surface area contributed by atoms with E-state index in [0.717, 1.165) is 59.7 Å². The number of aliphatic carboxylic acids is 1. The molecule has 10 aliphatic rings. The van der Waals surface area contributed by atoms with E-state index in [4.69, 9.17) is 85.3 Å². The normalized spacial score (nSPS) is 28.9. The molecule has 18 atom stereocenters. The van der Waals surface area contributed by atoms with E-state index < -0.39 is 225 Å². The highest BCUT2D eigenvalue weighted by Gasteiger charge is 2.55. The second kappa shape index (κ2) is 37.6. The molecule has 10 heterocycles. The number of amides is 7. The number of benzene rings is 7. The standard InChI is InChI=1S/C86H95Cl4N11O24/c1-38(2)24-54(92-5)78(111)98-69-71(106)43-10-16-58(52(89)27-43)121-60-29-45-30-61(75(60)125-85-76(74(109)73(108)62(123-85)36-101-21-18-100(19-22-101)20-23-101)124-64-34-86(4,77(110)39(3)120-64)93-35-40-6-12-47(13-7-40)119-37-41-8-14-50(87)51(88)25-41)122-59-17-11-44(28-53(59)90)72(107)70-83(116)97-68(84(117)118)49-31-46(102)32-57(104)65(49)48-26-42(9-15-56(48)103)66(80(113)99-70)96-81(114)67(45)95-79(112)55(33-63(91)105)94-82(69)115/h6-17,25-32,38-39,54-55,62,64,66-74,76-77,85,92-93,106-110H,18-24,33-37H2,1-5H3,(H11-,91,94,95,96,97,98,99,102,103,104,105,111,112,113,114,115,116,117,118)/p+1/t39?,54-,55+,62?,64?,66-,67-,68+,69-,70+,71-,72-,73?,74?,76?,77?,85?,86?/m1/s1. The first-order valence-electron chi connectivity index (χ1n) is 40.5. The van der Waals surface area contributed by atoms with Crippen molar-refractivity contribution in [1.82, 2.24) is 47.4 Å². The quantitative estimate of drug-likeness (QED) is 0.0447. The molecule has 10 aliphatic heterocycles. The number of carboxylic acids is 1. The number of phenolic OH excluding ortho intramolecular Hbond substituents is 3. The van der Waals surface area contributed by atoms with Crippen molar-refractivity contribution in [2.75, 3.05) is 52.9 Å². The second-order valence-electron chi connectivity index (χ2n) is 33.0. The minimum absolute atomic E-state index is 0.103. The van der Waals surface area contributed by atoms with E-state index in [1.54, 1.807) is 44.2 Å². The molecule has 7 amide bonds. The highest BCUT2D eigenvalue weighted by Crippen LogP contribution is 2.51. The summed E-state index contributed by atoms with van der Waals surface area (Å²) >= 11 is 27.0. The maximum atomic E-state index is 16.4. The number of likely N-dealkylation sites (N-methyl/N-ethyl adjacent to an activating group) is 1. The smallest absolute Gasteiger partial charge is 0.330 e. The SMILES string of the molecule is CN[C@H](CC(C)C)C(=O)N[C@H]1C(=O)N[C@@H](CC(N)=O)C(=O)N[C@H]2C(=O)N[C@H]3C(=O)N[C@H](C(=O)N[C@H](C(=O)O)c4cc(O)cc(O)c4-c4cc3ccc4O)[C@H](O)c3ccc(c(Cl)c3)Oc3cc2cc(c3OC2OC(C[N+]34CCN(CC3)CC4)C(O)C(O)C2OC2CC(C)(NCc3ccc(OCc4ccc(Cl)c(Cl)c4)cc3)C(O)C(C)O2)Oc2ccc(cc2Cl)[C@H]1O. The van der Waals surface area contributed by atoms with Crippen LogP contribution in [0.5, 0.6) is 51.7 Å². The molecule has 5 fully saturated rings. The zero-order valence-corrected chi connectivity index (χ0v) is 71.1. The lowest BCUT2D eigenvalue weighted by Gasteiger charge is -2.53. The summed E-state index contributed by atoms with van der Waals surface area (Å²) in [6.07, 6.45) is -17.6. The number of carbonyl (C=O) groups excluding carboxylic acids is 7. The Hall–Kier alpha value is -10.4. The van der Waals surface area contributed by atoms with Crippen LogP contribution in [-0.4, -0.2) is 234 Å². The monoisotopic (exact) mass is 1810 g/mol. The maximum Gasteiger partial charge on any atom is 0.330 e. The van der Waals surface area contributed by atoms with E-state index in [-0.39, 0.29) is 71.7 Å². The molecule has 7 aromatic carbocycles.